The summed E-state index contributed by atoms with van der Waals surface area (Å²) in [6.45, 7) is 3.57. The van der Waals surface area contributed by atoms with Gasteiger partial charge in [-0.05, 0) is 56.0 Å². The Morgan fingerprint density at radius 3 is 2.38 bits per heavy atom. The average molecular weight is 578 g/mol. The number of carbonyl (C=O) groups is 3. The van der Waals surface area contributed by atoms with E-state index in [1.165, 1.54) is 25.1 Å². The first-order chi connectivity index (χ1) is 19.9. The van der Waals surface area contributed by atoms with Crippen LogP contribution >= 0.6 is 0 Å². The van der Waals surface area contributed by atoms with Gasteiger partial charge in [-0.3, -0.25) is 14.4 Å². The third-order valence-corrected chi connectivity index (χ3v) is 8.69. The van der Waals surface area contributed by atoms with Gasteiger partial charge in [0.25, 0.3) is 17.7 Å². The van der Waals surface area contributed by atoms with Crippen molar-refractivity contribution < 1.29 is 33.4 Å². The molecule has 2 fully saturated rings. The molecule has 0 aromatic heterocycles. The highest BCUT2D eigenvalue weighted by Gasteiger charge is 2.77. The lowest BCUT2D eigenvalue weighted by molar-refractivity contribution is -0.193. The van der Waals surface area contributed by atoms with Crippen molar-refractivity contribution in [1.82, 2.24) is 15.1 Å². The van der Waals surface area contributed by atoms with E-state index >= 15 is 8.78 Å². The second kappa shape index (κ2) is 10.8. The van der Waals surface area contributed by atoms with Crippen molar-refractivity contribution in [3.63, 3.8) is 0 Å². The van der Waals surface area contributed by atoms with Crippen LogP contribution in [0.4, 0.5) is 8.78 Å². The van der Waals surface area contributed by atoms with Crippen LogP contribution in [-0.4, -0.2) is 73.9 Å². The molecule has 4 atom stereocenters. The number of nitrogens with one attached hydrogen (secondary N) is 1. The maximum Gasteiger partial charge on any atom is 0.290 e. The van der Waals surface area contributed by atoms with Gasteiger partial charge >= 0.3 is 0 Å². The molecule has 2 aliphatic heterocycles. The molecule has 8 nitrogen and oxygen atoms in total. The predicted molar refractivity (Wildman–Crippen MR) is 151 cm³/mol. The number of fused-ring (bicyclic) bond motifs is 1. The normalized spacial score (nSPS) is 22.2. The number of aliphatic hydroxyl groups is 1. The highest BCUT2D eigenvalue weighted by Crippen LogP contribution is 2.53. The molecule has 10 heteroatoms. The molecule has 220 valence electrons. The lowest BCUT2D eigenvalue weighted by Crippen LogP contribution is -2.78. The summed E-state index contributed by atoms with van der Waals surface area (Å²) in [6.07, 6.45) is -1.92. The summed E-state index contributed by atoms with van der Waals surface area (Å²) in [6, 6.07) is 17.7. The Hall–Kier alpha value is -4.31. The van der Waals surface area contributed by atoms with E-state index in [1.807, 2.05) is 19.1 Å². The van der Waals surface area contributed by atoms with Gasteiger partial charge in [-0.2, -0.15) is 0 Å². The van der Waals surface area contributed by atoms with Gasteiger partial charge < -0.3 is 25.3 Å². The van der Waals surface area contributed by atoms with Gasteiger partial charge in [-0.25, -0.2) is 8.78 Å². The van der Waals surface area contributed by atoms with Crippen LogP contribution in [-0.2, 0) is 22.6 Å². The first-order valence-corrected chi connectivity index (χ1v) is 13.7. The van der Waals surface area contributed by atoms with E-state index in [9.17, 15) is 24.6 Å². The highest BCUT2D eigenvalue weighted by molar-refractivity contribution is 5.99. The number of amides is 3. The molecular weight excluding hydrogens is 544 g/mol. The Labute approximate surface area is 242 Å². The number of carbonyl (C=O) groups excluding carboxylic acids is 3. The van der Waals surface area contributed by atoms with E-state index in [-0.39, 0.29) is 24.3 Å². The van der Waals surface area contributed by atoms with Crippen molar-refractivity contribution in [3.8, 4) is 5.75 Å². The summed E-state index contributed by atoms with van der Waals surface area (Å²) in [4.78, 5) is 42.1. The number of hydrogen-bond acceptors (Lipinski definition) is 5. The fourth-order valence-electron chi connectivity index (χ4n) is 5.97. The van der Waals surface area contributed by atoms with Crippen LogP contribution in [0.1, 0.15) is 39.5 Å². The molecule has 2 heterocycles. The monoisotopic (exact) mass is 577 g/mol. The highest BCUT2D eigenvalue weighted by atomic mass is 19.3. The molecule has 1 unspecified atom stereocenters. The number of hydrogen-bond donors (Lipinski definition) is 3. The summed E-state index contributed by atoms with van der Waals surface area (Å²) >= 11 is 0. The van der Waals surface area contributed by atoms with Crippen molar-refractivity contribution >= 4 is 17.7 Å². The van der Waals surface area contributed by atoms with E-state index in [2.05, 4.69) is 5.32 Å². The van der Waals surface area contributed by atoms with Crippen LogP contribution in [0.25, 0.3) is 0 Å². The van der Waals surface area contributed by atoms with E-state index in [1.54, 1.807) is 49.4 Å². The summed E-state index contributed by atoms with van der Waals surface area (Å²) in [5, 5.41) is 24.0. The van der Waals surface area contributed by atoms with E-state index in [0.717, 1.165) is 20.9 Å². The summed E-state index contributed by atoms with van der Waals surface area (Å²) in [5.74, 6) is -5.90. The van der Waals surface area contributed by atoms with Crippen LogP contribution in [0.2, 0.25) is 0 Å². The van der Waals surface area contributed by atoms with Crippen molar-refractivity contribution in [2.75, 3.05) is 6.54 Å². The van der Waals surface area contributed by atoms with Gasteiger partial charge in [0.15, 0.2) is 6.10 Å². The Morgan fingerprint density at radius 1 is 1.02 bits per heavy atom. The number of likely N-dealkylation sites (tertiary alicyclic amines) is 2. The zero-order valence-corrected chi connectivity index (χ0v) is 23.6. The molecule has 42 heavy (non-hydrogen) atoms. The van der Waals surface area contributed by atoms with Crippen molar-refractivity contribution in [2.24, 2.45) is 0 Å². The second-order valence-electron chi connectivity index (χ2n) is 11.2. The number of β-lactam (4-membered cyclic amide) rings is 1. The second-order valence-corrected chi connectivity index (χ2v) is 11.2. The zero-order valence-electron chi connectivity index (χ0n) is 23.6. The molecule has 3 aromatic carbocycles. The van der Waals surface area contributed by atoms with Crippen LogP contribution < -0.4 is 5.32 Å². The lowest BCUT2D eigenvalue weighted by Gasteiger charge is -2.54. The minimum Gasteiger partial charge on any atom is -0.508 e. The van der Waals surface area contributed by atoms with Gasteiger partial charge in [0, 0.05) is 17.7 Å². The average Bonchev–Trinajstić information content (AvgIpc) is 3.15. The molecule has 3 amide bonds. The number of aliphatic hydroxyl groups excluding tert-OH is 1. The topological polar surface area (TPSA) is 110 Å². The maximum absolute atomic E-state index is 15.6. The van der Waals surface area contributed by atoms with Gasteiger partial charge in [0.05, 0.1) is 12.6 Å². The van der Waals surface area contributed by atoms with Crippen LogP contribution in [0.3, 0.4) is 0 Å². The van der Waals surface area contributed by atoms with E-state index in [4.69, 9.17) is 0 Å². The molecule has 0 radical (unpaired) electrons. The Balaban J connectivity index is 1.41. The number of halogens is 2. The Bertz CT molecular complexity index is 1530. The zero-order chi connectivity index (χ0) is 30.4. The molecule has 2 aliphatic rings. The van der Waals surface area contributed by atoms with Crippen molar-refractivity contribution in [1.29, 1.82) is 0 Å². The number of aryl methyl sites for hydroxylation is 1. The van der Waals surface area contributed by atoms with Crippen LogP contribution in [0, 0.1) is 13.8 Å². The Kier molecular flexibility index (Phi) is 7.53. The Morgan fingerprint density at radius 2 is 1.69 bits per heavy atom. The number of alkyl halides is 2. The first-order valence-electron chi connectivity index (χ1n) is 13.7. The minimum atomic E-state index is -3.44. The minimum absolute atomic E-state index is 0.0108. The molecular formula is C32H33F2N3O5. The SMILES string of the molecule is Cc1ccccc1CN1C(=O)[C@H]2N(C(=O)[C@@H](O)[C@H](Cc3ccccc3)NC(=O)c3cccc(O)c3C)CC(F)(F)C21C. The number of rotatable bonds is 8. The molecule has 3 aromatic rings. The summed E-state index contributed by atoms with van der Waals surface area (Å²) in [5.41, 5.74) is 0.732. The molecule has 5 rings (SSSR count). The third kappa shape index (κ3) is 4.79. The number of phenolic OH excluding ortho intramolecular Hbond substituents is 1. The molecule has 0 bridgehead atoms. The molecule has 0 saturated carbocycles. The van der Waals surface area contributed by atoms with E-state index in [0.29, 0.717) is 11.1 Å². The molecule has 0 aliphatic carbocycles. The fraction of sp³-hybridized carbons (Fsp3) is 0.344. The van der Waals surface area contributed by atoms with Gasteiger partial charge in [-0.15, -0.1) is 0 Å². The maximum atomic E-state index is 15.6. The fourth-order valence-corrected chi connectivity index (χ4v) is 5.97. The first kappa shape index (κ1) is 29.2. The van der Waals surface area contributed by atoms with Crippen LogP contribution in [0.5, 0.6) is 5.75 Å². The lowest BCUT2D eigenvalue weighted by atomic mass is 9.77. The summed E-state index contributed by atoms with van der Waals surface area (Å²) < 4.78 is 31.2. The quantitative estimate of drug-likeness (QED) is 0.356. The third-order valence-electron chi connectivity index (χ3n) is 8.69. The smallest absolute Gasteiger partial charge is 0.290 e. The van der Waals surface area contributed by atoms with Crippen LogP contribution in [0.15, 0.2) is 72.8 Å². The number of phenols is 1. The summed E-state index contributed by atoms with van der Waals surface area (Å²) in [7, 11) is 0. The van der Waals surface area contributed by atoms with Gasteiger partial charge in [0.1, 0.15) is 17.3 Å². The van der Waals surface area contributed by atoms with Crippen molar-refractivity contribution in [2.45, 2.75) is 63.4 Å². The van der Waals surface area contributed by atoms with Gasteiger partial charge in [0.2, 0.25) is 5.91 Å². The number of nitrogens with zero attached hydrogens (tertiary/aromatic N) is 2. The molecule has 3 N–H and O–H groups in total. The van der Waals surface area contributed by atoms with E-state index < -0.39 is 53.9 Å². The largest absolute Gasteiger partial charge is 0.508 e. The number of aromatic hydroxyl groups is 1. The standard InChI is InChI=1S/C32H33F2N3O5/c1-19-10-7-8-13-22(19)17-37-30(42)27-31(37,3)32(33,34)18-36(27)29(41)26(39)24(16-21-11-5-4-6-12-21)35-28(40)23-14-9-15-25(38)20(23)2/h4-15,24,26-27,38-39H,16-18H2,1-3H3,(H,35,40)/t24-,26-,27+,31?/m0/s1. The molecule has 0 spiro atoms. The predicted octanol–water partition coefficient (Wildman–Crippen LogP) is 3.36. The van der Waals surface area contributed by atoms with Crippen molar-refractivity contribution in [3.05, 3.63) is 101 Å². The van der Waals surface area contributed by atoms with Gasteiger partial charge in [-0.1, -0.05) is 60.7 Å². The number of benzene rings is 3. The molecule has 2 saturated heterocycles.